The number of carbonyl (C=O) groups excluding carboxylic acids is 1. The summed E-state index contributed by atoms with van der Waals surface area (Å²) >= 11 is 0. The van der Waals surface area contributed by atoms with Gasteiger partial charge < -0.3 is 19.1 Å². The van der Waals surface area contributed by atoms with Gasteiger partial charge in [-0.3, -0.25) is 0 Å². The summed E-state index contributed by atoms with van der Waals surface area (Å²) in [6.07, 6.45) is 3.80. The van der Waals surface area contributed by atoms with Crippen LogP contribution in [0.15, 0.2) is 35.4 Å². The second-order valence-corrected chi connectivity index (χ2v) is 13.4. The molecule has 40 heavy (non-hydrogen) atoms. The number of amides is 1. The van der Waals surface area contributed by atoms with Gasteiger partial charge in [-0.25, -0.2) is 22.4 Å². The molecule has 2 aromatic heterocycles. The largest absolute Gasteiger partial charge is 0.444 e. The van der Waals surface area contributed by atoms with Gasteiger partial charge in [-0.15, -0.1) is 0 Å². The van der Waals surface area contributed by atoms with E-state index >= 15 is 4.39 Å². The van der Waals surface area contributed by atoms with E-state index in [-0.39, 0.29) is 17.8 Å². The third-order valence-electron chi connectivity index (χ3n) is 8.09. The van der Waals surface area contributed by atoms with Crippen LogP contribution < -0.4 is 0 Å². The number of nitrogens with zero attached hydrogens (tertiary/aromatic N) is 3. The van der Waals surface area contributed by atoms with Crippen LogP contribution in [0, 0.1) is 12.7 Å². The smallest absolute Gasteiger partial charge is 0.410 e. The van der Waals surface area contributed by atoms with Crippen molar-refractivity contribution in [3.63, 3.8) is 0 Å². The van der Waals surface area contributed by atoms with Gasteiger partial charge in [-0.2, -0.15) is 0 Å². The minimum absolute atomic E-state index is 0.105. The summed E-state index contributed by atoms with van der Waals surface area (Å²) in [5.41, 5.74) is 3.42. The summed E-state index contributed by atoms with van der Waals surface area (Å²) in [4.78, 5) is 19.5. The molecule has 3 aliphatic rings. The van der Waals surface area contributed by atoms with E-state index in [9.17, 15) is 9.00 Å². The minimum atomic E-state index is -1.60. The molecule has 10 heteroatoms. The van der Waals surface area contributed by atoms with Crippen LogP contribution in [0.1, 0.15) is 68.3 Å². The number of hydrogen-bond acceptors (Lipinski definition) is 6. The number of aromatic nitrogens is 2. The van der Waals surface area contributed by atoms with Crippen LogP contribution in [0.4, 0.5) is 9.18 Å². The van der Waals surface area contributed by atoms with E-state index in [1.54, 1.807) is 8.87 Å². The molecule has 8 nitrogen and oxygen atoms in total. The lowest BCUT2D eigenvalue weighted by atomic mass is 9.84. The summed E-state index contributed by atoms with van der Waals surface area (Å²) in [5, 5.41) is 0.749. The Morgan fingerprint density at radius 2 is 1.82 bits per heavy atom. The zero-order valence-electron chi connectivity index (χ0n) is 23.5. The molecule has 4 heterocycles. The van der Waals surface area contributed by atoms with Gasteiger partial charge in [0.25, 0.3) is 0 Å². The normalized spacial score (nSPS) is 20.2. The predicted octanol–water partition coefficient (Wildman–Crippen LogP) is 5.40. The highest BCUT2D eigenvalue weighted by molar-refractivity contribution is 7.83. The van der Waals surface area contributed by atoms with E-state index in [0.29, 0.717) is 74.5 Å². The molecule has 1 unspecified atom stereocenters. The van der Waals surface area contributed by atoms with E-state index in [4.69, 9.17) is 14.2 Å². The van der Waals surface area contributed by atoms with Crippen LogP contribution in [0.25, 0.3) is 11.0 Å². The zero-order valence-corrected chi connectivity index (χ0v) is 24.3. The molecule has 0 radical (unpaired) electrons. The van der Waals surface area contributed by atoms with Crippen LogP contribution in [0.2, 0.25) is 0 Å². The predicted molar refractivity (Wildman–Crippen MR) is 149 cm³/mol. The van der Waals surface area contributed by atoms with Crippen molar-refractivity contribution in [1.82, 2.24) is 13.9 Å². The van der Waals surface area contributed by atoms with Crippen molar-refractivity contribution in [2.75, 3.05) is 26.3 Å². The fraction of sp³-hybridized carbons (Fsp3) is 0.533. The maximum atomic E-state index is 15.7. The Balaban J connectivity index is 1.42. The monoisotopic (exact) mass is 569 g/mol. The van der Waals surface area contributed by atoms with E-state index in [0.717, 1.165) is 22.2 Å². The zero-order chi connectivity index (χ0) is 28.2. The molecule has 0 saturated carbocycles. The van der Waals surface area contributed by atoms with Gasteiger partial charge in [0.2, 0.25) is 0 Å². The third-order valence-corrected chi connectivity index (χ3v) is 9.49. The van der Waals surface area contributed by atoms with E-state index < -0.39 is 22.4 Å². The number of hydrogen-bond donors (Lipinski definition) is 0. The lowest BCUT2D eigenvalue weighted by molar-refractivity contribution is -0.164. The van der Waals surface area contributed by atoms with Crippen LogP contribution in [-0.4, -0.2) is 61.8 Å². The van der Waals surface area contributed by atoms with Crippen molar-refractivity contribution in [2.24, 2.45) is 0 Å². The first kappa shape index (κ1) is 27.4. The number of piperidine rings is 1. The van der Waals surface area contributed by atoms with Gasteiger partial charge >= 0.3 is 6.09 Å². The molecule has 1 aromatic carbocycles. The molecule has 214 valence electrons. The Hall–Kier alpha value is -2.82. The Kier molecular flexibility index (Phi) is 6.99. The number of likely N-dealkylation sites (tertiary alicyclic amines) is 1. The lowest BCUT2D eigenvalue weighted by Gasteiger charge is -2.34. The summed E-state index contributed by atoms with van der Waals surface area (Å²) in [6, 6.07) is 7.60. The average molecular weight is 570 g/mol. The molecule has 6 rings (SSSR count). The van der Waals surface area contributed by atoms with Crippen LogP contribution in [0.3, 0.4) is 0 Å². The van der Waals surface area contributed by atoms with Crippen LogP contribution >= 0.6 is 0 Å². The van der Waals surface area contributed by atoms with Crippen molar-refractivity contribution in [3.05, 3.63) is 58.7 Å². The molecular weight excluding hydrogens is 533 g/mol. The molecule has 2 aliphatic heterocycles. The Labute approximate surface area is 236 Å². The second kappa shape index (κ2) is 10.2. The molecule has 1 amide bonds. The third kappa shape index (κ3) is 4.94. The quantitative estimate of drug-likeness (QED) is 0.420. The maximum absolute atomic E-state index is 15.7. The number of aryl methyl sites for hydroxylation is 2. The fourth-order valence-corrected chi connectivity index (χ4v) is 7.45. The Morgan fingerprint density at radius 3 is 2.48 bits per heavy atom. The molecule has 3 aromatic rings. The molecule has 1 atom stereocenters. The van der Waals surface area contributed by atoms with Crippen molar-refractivity contribution in [1.29, 1.82) is 0 Å². The number of ether oxygens (including phenoxy) is 3. The Bertz CT molecular complexity index is 1470. The highest BCUT2D eigenvalue weighted by atomic mass is 32.2. The number of benzene rings is 1. The molecule has 0 bridgehead atoms. The summed E-state index contributed by atoms with van der Waals surface area (Å²) in [7, 11) is -1.60. The van der Waals surface area contributed by atoms with Crippen molar-refractivity contribution in [3.8, 4) is 0 Å². The Morgan fingerprint density at radius 1 is 1.15 bits per heavy atom. The maximum Gasteiger partial charge on any atom is 0.410 e. The van der Waals surface area contributed by atoms with E-state index in [1.807, 2.05) is 52.0 Å². The second-order valence-electron chi connectivity index (χ2n) is 12.0. The van der Waals surface area contributed by atoms with E-state index in [2.05, 4.69) is 4.98 Å². The topological polar surface area (TPSA) is 82.9 Å². The van der Waals surface area contributed by atoms with E-state index in [1.165, 1.54) is 6.20 Å². The molecule has 2 fully saturated rings. The number of fused-ring (bicyclic) bond motifs is 3. The van der Waals surface area contributed by atoms with Gasteiger partial charge in [-0.05, 0) is 70.6 Å². The molecular formula is C30H36FN3O5S. The van der Waals surface area contributed by atoms with Crippen molar-refractivity contribution < 1.29 is 27.6 Å². The van der Waals surface area contributed by atoms with Gasteiger partial charge in [0, 0.05) is 42.6 Å². The summed E-state index contributed by atoms with van der Waals surface area (Å²) in [6.45, 7) is 9.53. The first-order valence-electron chi connectivity index (χ1n) is 14.0. The molecule has 1 aliphatic carbocycles. The molecule has 2 saturated heterocycles. The number of carbonyl (C=O) groups is 1. The van der Waals surface area contributed by atoms with Crippen molar-refractivity contribution >= 4 is 28.1 Å². The van der Waals surface area contributed by atoms with Gasteiger partial charge in [-0.1, -0.05) is 17.7 Å². The summed E-state index contributed by atoms with van der Waals surface area (Å²) in [5.74, 6) is -1.22. The molecule has 0 N–H and O–H groups in total. The number of pyridine rings is 1. The standard InChI is InChI=1S/C30H36FN3O5S/c1-19-5-7-21(8-6-19)40(36)34-24-17-30(37-15-16-38-30)12-9-22(24)26-25(23(31)18-32-27(26)34)20-10-13-33(14-11-20)28(35)39-29(2,3)4/h5-8,18,20H,9-17H2,1-4H3. The highest BCUT2D eigenvalue weighted by Gasteiger charge is 2.44. The van der Waals surface area contributed by atoms with Crippen molar-refractivity contribution in [2.45, 2.75) is 82.0 Å². The summed E-state index contributed by atoms with van der Waals surface area (Å²) < 4.78 is 49.3. The van der Waals surface area contributed by atoms with Gasteiger partial charge in [0.05, 0.1) is 24.3 Å². The number of halogens is 1. The fourth-order valence-electron chi connectivity index (χ4n) is 6.20. The first-order valence-corrected chi connectivity index (χ1v) is 15.1. The van der Waals surface area contributed by atoms with Gasteiger partial charge in [0.1, 0.15) is 11.4 Å². The number of rotatable bonds is 3. The molecule has 1 spiro atoms. The lowest BCUT2D eigenvalue weighted by Crippen LogP contribution is -2.41. The van der Waals surface area contributed by atoms with Crippen LogP contribution in [-0.2, 0) is 38.0 Å². The van der Waals surface area contributed by atoms with Gasteiger partial charge in [0.15, 0.2) is 22.4 Å². The van der Waals surface area contributed by atoms with Crippen LogP contribution in [0.5, 0.6) is 0 Å². The SMILES string of the molecule is Cc1ccc(S(=O)n2c3c(c4c(C5CCN(C(=O)OC(C)(C)C)CC5)c(F)cnc42)CCC2(C3)OCCO2)cc1. The highest BCUT2D eigenvalue weighted by Crippen LogP contribution is 2.44. The minimum Gasteiger partial charge on any atom is -0.444 e. The first-order chi connectivity index (χ1) is 19.1. The average Bonchev–Trinajstić information content (AvgIpc) is 3.49.